The van der Waals surface area contributed by atoms with Crippen molar-refractivity contribution in [3.8, 4) is 0 Å². The second-order valence-electron chi connectivity index (χ2n) is 5.11. The Kier molecular flexibility index (Phi) is 5.00. The lowest BCUT2D eigenvalue weighted by molar-refractivity contribution is 0.0968. The minimum absolute atomic E-state index is 0.151. The second kappa shape index (κ2) is 6.32. The van der Waals surface area contributed by atoms with Crippen LogP contribution in [0.3, 0.4) is 0 Å². The molecule has 106 valence electrons. The third-order valence-electron chi connectivity index (χ3n) is 3.80. The largest absolute Gasteiger partial charge is 0.381 e. The number of nitrogens with one attached hydrogen (secondary N) is 1. The van der Waals surface area contributed by atoms with Crippen molar-refractivity contribution in [3.05, 3.63) is 0 Å². The molecular weight excluding hydrogens is 252 g/mol. The maximum absolute atomic E-state index is 12.7. The number of ether oxygens (including phenoxy) is 1. The first-order valence-corrected chi connectivity index (χ1v) is 8.45. The van der Waals surface area contributed by atoms with Gasteiger partial charge in [0.25, 0.3) is 0 Å². The van der Waals surface area contributed by atoms with Gasteiger partial charge in [-0.05, 0) is 32.2 Å². The van der Waals surface area contributed by atoms with Crippen LogP contribution in [0.5, 0.6) is 0 Å². The summed E-state index contributed by atoms with van der Waals surface area (Å²) in [6.07, 6.45) is 3.09. The molecule has 2 rings (SSSR count). The molecule has 0 aromatic heterocycles. The van der Waals surface area contributed by atoms with Gasteiger partial charge in [0.1, 0.15) is 0 Å². The summed E-state index contributed by atoms with van der Waals surface area (Å²) in [6, 6.07) is 0.151. The van der Waals surface area contributed by atoms with Crippen LogP contribution in [-0.4, -0.2) is 56.9 Å². The average molecular weight is 276 g/mol. The highest BCUT2D eigenvalue weighted by atomic mass is 32.2. The Balaban J connectivity index is 2.11. The zero-order valence-electron chi connectivity index (χ0n) is 11.1. The fourth-order valence-electron chi connectivity index (χ4n) is 2.79. The van der Waals surface area contributed by atoms with Crippen molar-refractivity contribution in [2.24, 2.45) is 0 Å². The minimum atomic E-state index is -3.16. The molecule has 5 nitrogen and oxygen atoms in total. The molecule has 0 aliphatic carbocycles. The Bertz CT molecular complexity index is 346. The van der Waals surface area contributed by atoms with E-state index in [1.807, 2.05) is 6.92 Å². The van der Waals surface area contributed by atoms with Gasteiger partial charge in [-0.3, -0.25) is 0 Å². The van der Waals surface area contributed by atoms with E-state index in [1.165, 1.54) is 0 Å². The lowest BCUT2D eigenvalue weighted by Crippen LogP contribution is -2.47. The fraction of sp³-hybridized carbons (Fsp3) is 1.00. The Morgan fingerprint density at radius 1 is 1.28 bits per heavy atom. The van der Waals surface area contributed by atoms with Gasteiger partial charge < -0.3 is 10.1 Å². The third kappa shape index (κ3) is 3.04. The van der Waals surface area contributed by atoms with E-state index in [2.05, 4.69) is 5.32 Å². The van der Waals surface area contributed by atoms with Gasteiger partial charge in [-0.25, -0.2) is 8.42 Å². The van der Waals surface area contributed by atoms with Crippen LogP contribution in [0.2, 0.25) is 0 Å². The van der Waals surface area contributed by atoms with Crippen LogP contribution in [0.4, 0.5) is 0 Å². The van der Waals surface area contributed by atoms with Gasteiger partial charge >= 0.3 is 0 Å². The van der Waals surface area contributed by atoms with Crippen molar-refractivity contribution in [1.82, 2.24) is 9.62 Å². The summed E-state index contributed by atoms with van der Waals surface area (Å²) in [5.41, 5.74) is 0. The number of nitrogens with zero attached hydrogens (tertiary/aromatic N) is 1. The van der Waals surface area contributed by atoms with Gasteiger partial charge in [0.05, 0.1) is 5.25 Å². The molecule has 2 saturated heterocycles. The van der Waals surface area contributed by atoms with Gasteiger partial charge in [-0.2, -0.15) is 4.31 Å². The molecule has 0 radical (unpaired) electrons. The SMILES string of the molecule is CCCN(C1CCNC1)S(=O)(=O)C1CCOCC1. The fourth-order valence-corrected chi connectivity index (χ4v) is 4.99. The smallest absolute Gasteiger partial charge is 0.217 e. The van der Waals surface area contributed by atoms with Crippen LogP contribution >= 0.6 is 0 Å². The lowest BCUT2D eigenvalue weighted by Gasteiger charge is -2.33. The average Bonchev–Trinajstić information content (AvgIpc) is 2.90. The zero-order chi connectivity index (χ0) is 13.0. The van der Waals surface area contributed by atoms with Crippen LogP contribution in [0.15, 0.2) is 0 Å². The molecule has 1 atom stereocenters. The van der Waals surface area contributed by atoms with E-state index in [9.17, 15) is 8.42 Å². The molecule has 0 aromatic carbocycles. The Morgan fingerprint density at radius 3 is 2.56 bits per heavy atom. The maximum Gasteiger partial charge on any atom is 0.217 e. The van der Waals surface area contributed by atoms with Gasteiger partial charge in [0, 0.05) is 32.3 Å². The standard InChI is InChI=1S/C12H24N2O3S/c1-2-7-14(11-3-6-13-10-11)18(15,16)12-4-8-17-9-5-12/h11-13H,2-10H2,1H3. The van der Waals surface area contributed by atoms with Gasteiger partial charge in [0.15, 0.2) is 0 Å². The topological polar surface area (TPSA) is 58.6 Å². The Morgan fingerprint density at radius 2 is 2.00 bits per heavy atom. The molecule has 0 spiro atoms. The Labute approximate surface area is 110 Å². The minimum Gasteiger partial charge on any atom is -0.381 e. The summed E-state index contributed by atoms with van der Waals surface area (Å²) in [5, 5.41) is 3.02. The molecule has 2 fully saturated rings. The van der Waals surface area contributed by atoms with Crippen molar-refractivity contribution in [3.63, 3.8) is 0 Å². The van der Waals surface area contributed by atoms with E-state index in [0.29, 0.717) is 32.6 Å². The number of rotatable bonds is 5. The molecule has 6 heteroatoms. The second-order valence-corrected chi connectivity index (χ2v) is 7.28. The highest BCUT2D eigenvalue weighted by Crippen LogP contribution is 2.23. The van der Waals surface area contributed by atoms with Crippen molar-refractivity contribution in [2.45, 2.75) is 43.9 Å². The monoisotopic (exact) mass is 276 g/mol. The van der Waals surface area contributed by atoms with E-state index >= 15 is 0 Å². The summed E-state index contributed by atoms with van der Waals surface area (Å²) in [7, 11) is -3.16. The first-order chi connectivity index (χ1) is 8.66. The molecule has 0 bridgehead atoms. The first-order valence-electron chi connectivity index (χ1n) is 6.95. The zero-order valence-corrected chi connectivity index (χ0v) is 11.9. The molecule has 0 amide bonds. The maximum atomic E-state index is 12.7. The molecule has 2 aliphatic rings. The number of hydrogen-bond acceptors (Lipinski definition) is 4. The van der Waals surface area contributed by atoms with E-state index in [0.717, 1.165) is 25.9 Å². The van der Waals surface area contributed by atoms with E-state index in [1.54, 1.807) is 4.31 Å². The van der Waals surface area contributed by atoms with Crippen molar-refractivity contribution >= 4 is 10.0 Å². The van der Waals surface area contributed by atoms with Crippen LogP contribution in [-0.2, 0) is 14.8 Å². The molecule has 2 heterocycles. The Hall–Kier alpha value is -0.170. The van der Waals surface area contributed by atoms with Crippen LogP contribution < -0.4 is 5.32 Å². The summed E-state index contributed by atoms with van der Waals surface area (Å²) < 4.78 is 32.4. The molecule has 0 saturated carbocycles. The first kappa shape index (κ1) is 14.2. The van der Waals surface area contributed by atoms with E-state index in [-0.39, 0.29) is 11.3 Å². The number of sulfonamides is 1. The molecular formula is C12H24N2O3S. The molecule has 1 unspecified atom stereocenters. The molecule has 2 aliphatic heterocycles. The van der Waals surface area contributed by atoms with Gasteiger partial charge in [-0.15, -0.1) is 0 Å². The van der Waals surface area contributed by atoms with Crippen molar-refractivity contribution < 1.29 is 13.2 Å². The summed E-state index contributed by atoms with van der Waals surface area (Å²) in [4.78, 5) is 0. The number of hydrogen-bond donors (Lipinski definition) is 1. The van der Waals surface area contributed by atoms with E-state index < -0.39 is 10.0 Å². The molecule has 18 heavy (non-hydrogen) atoms. The van der Waals surface area contributed by atoms with Gasteiger partial charge in [-0.1, -0.05) is 6.92 Å². The predicted molar refractivity (Wildman–Crippen MR) is 71.0 cm³/mol. The highest BCUT2D eigenvalue weighted by molar-refractivity contribution is 7.89. The van der Waals surface area contributed by atoms with Crippen LogP contribution in [0, 0.1) is 0 Å². The summed E-state index contributed by atoms with van der Waals surface area (Å²) in [5.74, 6) is 0. The summed E-state index contributed by atoms with van der Waals surface area (Å²) in [6.45, 7) is 5.55. The highest BCUT2D eigenvalue weighted by Gasteiger charge is 2.37. The van der Waals surface area contributed by atoms with Crippen LogP contribution in [0.25, 0.3) is 0 Å². The quantitative estimate of drug-likeness (QED) is 0.797. The normalized spacial score (nSPS) is 26.9. The predicted octanol–water partition coefficient (Wildman–Crippen LogP) is 0.569. The van der Waals surface area contributed by atoms with Crippen molar-refractivity contribution in [2.75, 3.05) is 32.8 Å². The molecule has 1 N–H and O–H groups in total. The lowest BCUT2D eigenvalue weighted by atomic mass is 10.2. The summed E-state index contributed by atoms with van der Waals surface area (Å²) >= 11 is 0. The van der Waals surface area contributed by atoms with Gasteiger partial charge in [0.2, 0.25) is 10.0 Å². The molecule has 0 aromatic rings. The van der Waals surface area contributed by atoms with E-state index in [4.69, 9.17) is 4.74 Å². The van der Waals surface area contributed by atoms with Crippen LogP contribution in [0.1, 0.15) is 32.6 Å². The third-order valence-corrected chi connectivity index (χ3v) is 6.25. The van der Waals surface area contributed by atoms with Crippen molar-refractivity contribution in [1.29, 1.82) is 0 Å².